The zero-order valence-electron chi connectivity index (χ0n) is 22.7. The fourth-order valence-corrected chi connectivity index (χ4v) is 4.41. The van der Waals surface area contributed by atoms with Crippen molar-refractivity contribution < 1.29 is 48.2 Å². The molecule has 0 saturated carbocycles. The summed E-state index contributed by atoms with van der Waals surface area (Å²) in [5.41, 5.74) is 8.48. The maximum Gasteiger partial charge on any atom is 0.382 e. The first-order valence-corrected chi connectivity index (χ1v) is 14.4. The zero-order chi connectivity index (χ0) is 30.0. The zero-order valence-corrected chi connectivity index (χ0v) is 24.3. The maximum absolute atomic E-state index is 13.5. The van der Waals surface area contributed by atoms with Crippen LogP contribution < -0.4 is 11.5 Å². The van der Waals surface area contributed by atoms with Crippen LogP contribution in [0, 0.1) is 0 Å². The van der Waals surface area contributed by atoms with E-state index in [9.17, 15) is 24.0 Å². The fourth-order valence-electron chi connectivity index (χ4n) is 3.36. The molecule has 2 atom stereocenters. The van der Waals surface area contributed by atoms with Crippen molar-refractivity contribution >= 4 is 53.4 Å². The van der Waals surface area contributed by atoms with Gasteiger partial charge in [-0.05, 0) is 57.6 Å². The number of carbonyl (C=O) groups is 5. The largest absolute Gasteiger partial charge is 0.461 e. The molecule has 1 aliphatic heterocycles. The Balaban J connectivity index is 3.63. The third-order valence-corrected chi connectivity index (χ3v) is 6.69. The first-order valence-electron chi connectivity index (χ1n) is 11.6. The van der Waals surface area contributed by atoms with Crippen molar-refractivity contribution in [3.05, 3.63) is 35.5 Å². The molecule has 1 fully saturated rings. The van der Waals surface area contributed by atoms with Crippen molar-refractivity contribution in [1.82, 2.24) is 5.23 Å². The number of hydroxylamine groups is 2. The molecule has 218 valence electrons. The molecule has 0 bridgehead atoms. The van der Waals surface area contributed by atoms with Gasteiger partial charge in [0.1, 0.15) is 24.2 Å². The lowest BCUT2D eigenvalue weighted by Gasteiger charge is -2.43. The number of nitrogens with zero attached hydrogens (tertiary/aromatic N) is 1. The average Bonchev–Trinajstić information content (AvgIpc) is 2.87. The Hall–Kier alpha value is -2.85. The van der Waals surface area contributed by atoms with Gasteiger partial charge in [0.05, 0.1) is 0 Å². The van der Waals surface area contributed by atoms with Crippen LogP contribution in [0.2, 0.25) is 0 Å². The standard InChI is InChI=1S/C24H35N3O10S2/c1-14(2)18(28)33-11-10-27-34-21(31)23(25,8-12-38-6)17(24(26,9-13-39-7)22(32)35-27)16(5)20(30)37-36-19(29)15(3)4/h1,3,8-13,25-26H2,2,4-7H3. The SMILES string of the molecule is C=C(C)C(=O)OCCN1OC(=O)C(N)(CCSC)C(=C(C)C(=O)OOC(=O)C(=C)C)C(N)(CCSC)C(=O)O1. The van der Waals surface area contributed by atoms with Gasteiger partial charge in [0, 0.05) is 27.5 Å². The van der Waals surface area contributed by atoms with Gasteiger partial charge in [-0.25, -0.2) is 33.7 Å². The number of esters is 1. The summed E-state index contributed by atoms with van der Waals surface area (Å²) in [6.07, 6.45) is 3.31. The first-order chi connectivity index (χ1) is 18.1. The van der Waals surface area contributed by atoms with E-state index in [-0.39, 0.29) is 48.3 Å². The Kier molecular flexibility index (Phi) is 13.2. The topological polar surface area (TPSA) is 187 Å². The van der Waals surface area contributed by atoms with Crippen molar-refractivity contribution in [2.75, 3.05) is 37.2 Å². The van der Waals surface area contributed by atoms with E-state index in [1.165, 1.54) is 44.3 Å². The molecule has 0 radical (unpaired) electrons. The molecule has 0 aliphatic carbocycles. The average molecular weight is 590 g/mol. The van der Waals surface area contributed by atoms with E-state index in [1.54, 1.807) is 12.5 Å². The second-order valence-electron chi connectivity index (χ2n) is 8.68. The van der Waals surface area contributed by atoms with Crippen molar-refractivity contribution in [2.45, 2.75) is 44.7 Å². The first kappa shape index (κ1) is 34.2. The number of carbonyl (C=O) groups excluding carboxylic acids is 5. The molecule has 1 saturated heterocycles. The summed E-state index contributed by atoms with van der Waals surface area (Å²) in [4.78, 5) is 83.1. The Morgan fingerprint density at radius 2 is 1.28 bits per heavy atom. The van der Waals surface area contributed by atoms with Gasteiger partial charge in [-0.2, -0.15) is 23.5 Å². The van der Waals surface area contributed by atoms with Crippen LogP contribution in [-0.2, 0) is 48.2 Å². The molecule has 1 aliphatic rings. The van der Waals surface area contributed by atoms with Crippen LogP contribution >= 0.6 is 23.5 Å². The normalized spacial score (nSPS) is 21.6. The highest BCUT2D eigenvalue weighted by molar-refractivity contribution is 7.98. The fraction of sp³-hybridized carbons (Fsp3) is 0.542. The van der Waals surface area contributed by atoms with Gasteiger partial charge in [0.2, 0.25) is 0 Å². The second-order valence-corrected chi connectivity index (χ2v) is 10.7. The van der Waals surface area contributed by atoms with Crippen molar-refractivity contribution in [2.24, 2.45) is 11.5 Å². The van der Waals surface area contributed by atoms with Crippen molar-refractivity contribution in [1.29, 1.82) is 0 Å². The summed E-state index contributed by atoms with van der Waals surface area (Å²) in [5.74, 6) is -4.54. The summed E-state index contributed by atoms with van der Waals surface area (Å²) >= 11 is 2.68. The molecule has 0 spiro atoms. The molecule has 13 nitrogen and oxygen atoms in total. The van der Waals surface area contributed by atoms with E-state index in [0.29, 0.717) is 16.7 Å². The third-order valence-electron chi connectivity index (χ3n) is 5.47. The Labute approximate surface area is 235 Å². The highest BCUT2D eigenvalue weighted by Crippen LogP contribution is 2.38. The van der Waals surface area contributed by atoms with E-state index in [2.05, 4.69) is 22.9 Å². The van der Waals surface area contributed by atoms with E-state index in [1.807, 2.05) is 0 Å². The smallest absolute Gasteiger partial charge is 0.382 e. The van der Waals surface area contributed by atoms with E-state index in [0.717, 1.165) is 0 Å². The minimum Gasteiger partial charge on any atom is -0.461 e. The molecule has 1 rings (SSSR count). The quantitative estimate of drug-likeness (QED) is 0.143. The van der Waals surface area contributed by atoms with Crippen LogP contribution in [0.4, 0.5) is 0 Å². The number of hydrogen-bond acceptors (Lipinski definition) is 15. The van der Waals surface area contributed by atoms with E-state index < -0.39 is 40.9 Å². The number of hydrogen-bond donors (Lipinski definition) is 2. The van der Waals surface area contributed by atoms with Gasteiger partial charge in [-0.3, -0.25) is 0 Å². The van der Waals surface area contributed by atoms with Crippen LogP contribution in [-0.4, -0.2) is 83.3 Å². The van der Waals surface area contributed by atoms with Crippen molar-refractivity contribution in [3.8, 4) is 0 Å². The van der Waals surface area contributed by atoms with E-state index in [4.69, 9.17) is 25.9 Å². The highest BCUT2D eigenvalue weighted by Gasteiger charge is 2.56. The predicted molar refractivity (Wildman–Crippen MR) is 144 cm³/mol. The summed E-state index contributed by atoms with van der Waals surface area (Å²) in [6, 6.07) is 0. The minimum absolute atomic E-state index is 0.0403. The number of ether oxygens (including phenoxy) is 1. The summed E-state index contributed by atoms with van der Waals surface area (Å²) in [5, 5.41) is 0.525. The summed E-state index contributed by atoms with van der Waals surface area (Å²) in [6.45, 7) is 10.2. The van der Waals surface area contributed by atoms with Crippen LogP contribution in [0.3, 0.4) is 0 Å². The van der Waals surface area contributed by atoms with Gasteiger partial charge < -0.3 is 25.9 Å². The molecule has 1 heterocycles. The summed E-state index contributed by atoms with van der Waals surface area (Å²) in [7, 11) is 0. The maximum atomic E-state index is 13.5. The monoisotopic (exact) mass is 589 g/mol. The number of nitrogens with two attached hydrogens (primary N) is 2. The molecule has 39 heavy (non-hydrogen) atoms. The predicted octanol–water partition coefficient (Wildman–Crippen LogP) is 1.13. The van der Waals surface area contributed by atoms with Crippen LogP contribution in [0.1, 0.15) is 33.6 Å². The molecule has 0 aromatic carbocycles. The van der Waals surface area contributed by atoms with Gasteiger partial charge in [0.15, 0.2) is 0 Å². The van der Waals surface area contributed by atoms with E-state index >= 15 is 0 Å². The second kappa shape index (κ2) is 15.1. The van der Waals surface area contributed by atoms with Gasteiger partial charge in [-0.15, -0.1) is 0 Å². The summed E-state index contributed by atoms with van der Waals surface area (Å²) < 4.78 is 4.99. The van der Waals surface area contributed by atoms with Crippen LogP contribution in [0.15, 0.2) is 35.5 Å². The Morgan fingerprint density at radius 3 is 1.69 bits per heavy atom. The number of thioether (sulfide) groups is 2. The van der Waals surface area contributed by atoms with Crippen molar-refractivity contribution in [3.63, 3.8) is 0 Å². The molecular formula is C24H35N3O10S2. The van der Waals surface area contributed by atoms with Gasteiger partial charge in [-0.1, -0.05) is 13.2 Å². The van der Waals surface area contributed by atoms with Gasteiger partial charge >= 0.3 is 29.8 Å². The third kappa shape index (κ3) is 8.83. The Morgan fingerprint density at radius 1 is 0.846 bits per heavy atom. The van der Waals surface area contributed by atoms with Crippen LogP contribution in [0.5, 0.6) is 0 Å². The lowest BCUT2D eigenvalue weighted by molar-refractivity contribution is -0.333. The molecule has 0 amide bonds. The molecule has 0 aromatic rings. The lowest BCUT2D eigenvalue weighted by Crippen LogP contribution is -2.67. The molecule has 0 aromatic heterocycles. The van der Waals surface area contributed by atoms with Gasteiger partial charge in [0.25, 0.3) is 0 Å². The molecular weight excluding hydrogens is 554 g/mol. The lowest BCUT2D eigenvalue weighted by atomic mass is 9.72. The highest BCUT2D eigenvalue weighted by atomic mass is 32.2. The Bertz CT molecular complexity index is 1010. The molecule has 15 heteroatoms. The molecule has 2 unspecified atom stereocenters. The number of rotatable bonds is 12. The molecule has 4 N–H and O–H groups in total. The van der Waals surface area contributed by atoms with Crippen LogP contribution in [0.25, 0.3) is 0 Å². The minimum atomic E-state index is -2.12.